The Morgan fingerprint density at radius 1 is 0.941 bits per heavy atom. The van der Waals surface area contributed by atoms with Crippen LogP contribution in [0, 0.1) is 29.6 Å². The van der Waals surface area contributed by atoms with Gasteiger partial charge in [-0.05, 0) is 23.7 Å². The van der Waals surface area contributed by atoms with E-state index in [1.165, 1.54) is 6.42 Å². The second kappa shape index (κ2) is 8.72. The zero-order chi connectivity index (χ0) is 12.9. The lowest BCUT2D eigenvalue weighted by atomic mass is 9.77. The molecular weight excluding hydrogens is 208 g/mol. The van der Waals surface area contributed by atoms with Crippen LogP contribution in [0.5, 0.6) is 0 Å². The van der Waals surface area contributed by atoms with Crippen LogP contribution in [0.25, 0.3) is 0 Å². The molecule has 0 radical (unpaired) electrons. The van der Waals surface area contributed by atoms with Crippen molar-refractivity contribution in [1.82, 2.24) is 0 Å². The first-order valence-electron chi connectivity index (χ1n) is 6.83. The van der Waals surface area contributed by atoms with Crippen molar-refractivity contribution in [2.45, 2.75) is 68.7 Å². The molecule has 0 aliphatic rings. The predicted molar refractivity (Wildman–Crippen MR) is 78.1 cm³/mol. The molecule has 17 heavy (non-hydrogen) atoms. The SMILES string of the molecule is C.CCC(C)C(CC(=O)C(C)C(C)C)C(C)C. The molecule has 0 aromatic carbocycles. The lowest BCUT2D eigenvalue weighted by Crippen LogP contribution is -2.26. The van der Waals surface area contributed by atoms with Gasteiger partial charge < -0.3 is 0 Å². The minimum Gasteiger partial charge on any atom is -0.299 e. The number of carbonyl (C=O) groups excluding carboxylic acids is 1. The van der Waals surface area contributed by atoms with Gasteiger partial charge in [-0.1, -0.05) is 62.3 Å². The standard InChI is InChI=1S/C15H30O.CH4/c1-8-12(6)14(11(4)5)9-15(16)13(7)10(2)3;/h10-14H,8-9H2,1-7H3;1H4. The molecule has 0 saturated carbocycles. The summed E-state index contributed by atoms with van der Waals surface area (Å²) in [5.41, 5.74) is 0. The molecule has 104 valence electrons. The number of carbonyl (C=O) groups is 1. The number of ketones is 1. The van der Waals surface area contributed by atoms with Crippen LogP contribution in [-0.2, 0) is 4.79 Å². The lowest BCUT2D eigenvalue weighted by molar-refractivity contribution is -0.125. The van der Waals surface area contributed by atoms with Gasteiger partial charge in [0.2, 0.25) is 0 Å². The molecule has 0 saturated heterocycles. The zero-order valence-corrected chi connectivity index (χ0v) is 12.2. The molecule has 1 nitrogen and oxygen atoms in total. The summed E-state index contributed by atoms with van der Waals surface area (Å²) in [7, 11) is 0. The van der Waals surface area contributed by atoms with Crippen molar-refractivity contribution in [1.29, 1.82) is 0 Å². The van der Waals surface area contributed by atoms with Crippen LogP contribution in [0.15, 0.2) is 0 Å². The molecule has 0 aromatic heterocycles. The Morgan fingerprint density at radius 2 is 1.41 bits per heavy atom. The first-order valence-corrected chi connectivity index (χ1v) is 6.83. The molecule has 0 bridgehead atoms. The second-order valence-electron chi connectivity index (χ2n) is 6.00. The molecule has 0 fully saturated rings. The van der Waals surface area contributed by atoms with Crippen LogP contribution < -0.4 is 0 Å². The zero-order valence-electron chi connectivity index (χ0n) is 12.2. The van der Waals surface area contributed by atoms with Crippen LogP contribution in [0.2, 0.25) is 0 Å². The Balaban J connectivity index is 0. The maximum atomic E-state index is 12.1. The van der Waals surface area contributed by atoms with Gasteiger partial charge in [0, 0.05) is 12.3 Å². The van der Waals surface area contributed by atoms with Gasteiger partial charge in [-0.25, -0.2) is 0 Å². The summed E-state index contributed by atoms with van der Waals surface area (Å²) in [4.78, 5) is 12.1. The molecule has 1 heteroatoms. The third kappa shape index (κ3) is 6.24. The molecule has 3 atom stereocenters. The minimum absolute atomic E-state index is 0. The van der Waals surface area contributed by atoms with Crippen molar-refractivity contribution in [2.75, 3.05) is 0 Å². The fourth-order valence-corrected chi connectivity index (χ4v) is 2.19. The van der Waals surface area contributed by atoms with Crippen molar-refractivity contribution in [3.05, 3.63) is 0 Å². The normalized spacial score (nSPS) is 16.5. The summed E-state index contributed by atoms with van der Waals surface area (Å²) in [6.07, 6.45) is 1.94. The van der Waals surface area contributed by atoms with Crippen LogP contribution in [0.3, 0.4) is 0 Å². The molecule has 0 amide bonds. The Morgan fingerprint density at radius 3 is 1.71 bits per heavy atom. The first-order chi connectivity index (χ1) is 7.31. The van der Waals surface area contributed by atoms with Crippen LogP contribution in [0.4, 0.5) is 0 Å². The third-order valence-corrected chi connectivity index (χ3v) is 4.18. The lowest BCUT2D eigenvalue weighted by Gasteiger charge is -2.28. The largest absolute Gasteiger partial charge is 0.299 e. The summed E-state index contributed by atoms with van der Waals surface area (Å²) < 4.78 is 0. The smallest absolute Gasteiger partial charge is 0.136 e. The van der Waals surface area contributed by atoms with Gasteiger partial charge in [0.05, 0.1) is 0 Å². The maximum absolute atomic E-state index is 12.1. The van der Waals surface area contributed by atoms with Gasteiger partial charge in [0.25, 0.3) is 0 Å². The predicted octanol–water partition coefficient (Wildman–Crippen LogP) is 5.19. The molecule has 0 N–H and O–H groups in total. The van der Waals surface area contributed by atoms with Crippen molar-refractivity contribution >= 4 is 5.78 Å². The summed E-state index contributed by atoms with van der Waals surface area (Å²) in [5, 5.41) is 0. The topological polar surface area (TPSA) is 17.1 Å². The Kier molecular flexibility index (Phi) is 9.75. The molecule has 0 aliphatic carbocycles. The average Bonchev–Trinajstić information content (AvgIpc) is 2.22. The van der Waals surface area contributed by atoms with Crippen molar-refractivity contribution < 1.29 is 4.79 Å². The Hall–Kier alpha value is -0.330. The highest BCUT2D eigenvalue weighted by Gasteiger charge is 2.25. The first kappa shape index (κ1) is 19.0. The summed E-state index contributed by atoms with van der Waals surface area (Å²) in [6, 6.07) is 0. The second-order valence-corrected chi connectivity index (χ2v) is 6.00. The van der Waals surface area contributed by atoms with E-state index in [0.29, 0.717) is 29.5 Å². The van der Waals surface area contributed by atoms with E-state index >= 15 is 0 Å². The van der Waals surface area contributed by atoms with E-state index < -0.39 is 0 Å². The minimum atomic E-state index is 0. The summed E-state index contributed by atoms with van der Waals surface area (Å²) >= 11 is 0. The van der Waals surface area contributed by atoms with Gasteiger partial charge in [-0.3, -0.25) is 4.79 Å². The van der Waals surface area contributed by atoms with Crippen LogP contribution >= 0.6 is 0 Å². The third-order valence-electron chi connectivity index (χ3n) is 4.18. The van der Waals surface area contributed by atoms with E-state index in [1.54, 1.807) is 0 Å². The van der Waals surface area contributed by atoms with Gasteiger partial charge in [-0.15, -0.1) is 0 Å². The molecule has 0 aliphatic heterocycles. The quantitative estimate of drug-likeness (QED) is 0.600. The Labute approximate surface area is 109 Å². The van der Waals surface area contributed by atoms with E-state index in [2.05, 4.69) is 48.5 Å². The van der Waals surface area contributed by atoms with Gasteiger partial charge in [0.1, 0.15) is 5.78 Å². The van der Waals surface area contributed by atoms with Crippen molar-refractivity contribution in [3.8, 4) is 0 Å². The highest BCUT2D eigenvalue weighted by molar-refractivity contribution is 5.81. The fourth-order valence-electron chi connectivity index (χ4n) is 2.19. The van der Waals surface area contributed by atoms with Crippen molar-refractivity contribution in [3.63, 3.8) is 0 Å². The highest BCUT2D eigenvalue weighted by atomic mass is 16.1. The molecular formula is C16H34O. The van der Waals surface area contributed by atoms with E-state index in [4.69, 9.17) is 0 Å². The summed E-state index contributed by atoms with van der Waals surface area (Å²) in [6.45, 7) is 15.3. The maximum Gasteiger partial charge on any atom is 0.136 e. The van der Waals surface area contributed by atoms with E-state index in [1.807, 2.05) is 0 Å². The number of hydrogen-bond acceptors (Lipinski definition) is 1. The van der Waals surface area contributed by atoms with E-state index in [9.17, 15) is 4.79 Å². The van der Waals surface area contributed by atoms with Crippen LogP contribution in [-0.4, -0.2) is 5.78 Å². The number of Topliss-reactive ketones (excluding diaryl/α,β-unsaturated/α-hetero) is 1. The fraction of sp³-hybridized carbons (Fsp3) is 0.938. The average molecular weight is 242 g/mol. The monoisotopic (exact) mass is 242 g/mol. The van der Waals surface area contributed by atoms with Crippen molar-refractivity contribution in [2.24, 2.45) is 29.6 Å². The highest BCUT2D eigenvalue weighted by Crippen LogP contribution is 2.29. The molecule has 0 rings (SSSR count). The van der Waals surface area contributed by atoms with Crippen LogP contribution in [0.1, 0.15) is 68.7 Å². The van der Waals surface area contributed by atoms with Gasteiger partial charge >= 0.3 is 0 Å². The summed E-state index contributed by atoms with van der Waals surface area (Å²) in [5.74, 6) is 2.96. The Bertz CT molecular complexity index is 206. The number of rotatable bonds is 7. The molecule has 0 heterocycles. The van der Waals surface area contributed by atoms with Gasteiger partial charge in [-0.2, -0.15) is 0 Å². The van der Waals surface area contributed by atoms with Gasteiger partial charge in [0.15, 0.2) is 0 Å². The molecule has 3 unspecified atom stereocenters. The molecule has 0 aromatic rings. The van der Waals surface area contributed by atoms with E-state index in [-0.39, 0.29) is 13.3 Å². The van der Waals surface area contributed by atoms with E-state index in [0.717, 1.165) is 6.42 Å². The number of hydrogen-bond donors (Lipinski definition) is 0. The molecule has 0 spiro atoms.